The number of benzene rings is 1. The molecule has 2 heterocycles. The summed E-state index contributed by atoms with van der Waals surface area (Å²) < 4.78 is 13.8. The first-order valence-corrected chi connectivity index (χ1v) is 8.74. The van der Waals surface area contributed by atoms with Gasteiger partial charge in [0, 0.05) is 30.7 Å². The third kappa shape index (κ3) is 3.00. The van der Waals surface area contributed by atoms with Crippen molar-refractivity contribution in [3.8, 4) is 0 Å². The van der Waals surface area contributed by atoms with Crippen LogP contribution in [0.4, 0.5) is 5.69 Å². The first kappa shape index (κ1) is 17.4. The van der Waals surface area contributed by atoms with E-state index in [9.17, 15) is 9.59 Å². The van der Waals surface area contributed by atoms with E-state index < -0.39 is 0 Å². The van der Waals surface area contributed by atoms with Crippen molar-refractivity contribution in [2.45, 2.75) is 19.9 Å². The molecule has 7 heteroatoms. The van der Waals surface area contributed by atoms with Gasteiger partial charge in [0.2, 0.25) is 0 Å². The van der Waals surface area contributed by atoms with Crippen LogP contribution in [0.25, 0.3) is 17.0 Å². The molecule has 25 heavy (non-hydrogen) atoms. The Morgan fingerprint density at radius 2 is 1.88 bits per heavy atom. The van der Waals surface area contributed by atoms with Gasteiger partial charge in [-0.2, -0.15) is 0 Å². The Labute approximate surface area is 150 Å². The van der Waals surface area contributed by atoms with Crippen molar-refractivity contribution in [2.75, 3.05) is 25.6 Å². The molecule has 1 aliphatic rings. The monoisotopic (exact) mass is 360 g/mol. The lowest BCUT2D eigenvalue weighted by molar-refractivity contribution is -0.135. The molecular weight excluding hydrogens is 340 g/mol. The highest BCUT2D eigenvalue weighted by atomic mass is 32.2. The fourth-order valence-corrected chi connectivity index (χ4v) is 3.89. The molecule has 0 saturated heterocycles. The molecule has 6 nitrogen and oxygen atoms in total. The zero-order chi connectivity index (χ0) is 18.1. The maximum Gasteiger partial charge on any atom is 0.346 e. The van der Waals surface area contributed by atoms with E-state index in [1.807, 2.05) is 29.7 Å². The second kappa shape index (κ2) is 6.84. The Bertz CT molecular complexity index is 885. The van der Waals surface area contributed by atoms with Gasteiger partial charge in [0.05, 0.1) is 31.0 Å². The number of hydrogen-bond acceptors (Lipinski definition) is 6. The molecule has 0 N–H and O–H groups in total. The normalized spacial score (nSPS) is 13.4. The molecule has 0 saturated carbocycles. The van der Waals surface area contributed by atoms with Crippen molar-refractivity contribution >= 4 is 46.6 Å². The first-order valence-electron chi connectivity index (χ1n) is 7.97. The summed E-state index contributed by atoms with van der Waals surface area (Å²) in [4.78, 5) is 24.7. The predicted molar refractivity (Wildman–Crippen MR) is 99.6 cm³/mol. The highest BCUT2D eigenvalue weighted by Crippen LogP contribution is 2.41. The van der Waals surface area contributed by atoms with Crippen LogP contribution in [0.15, 0.2) is 23.2 Å². The van der Waals surface area contributed by atoms with Gasteiger partial charge in [-0.3, -0.25) is 0 Å². The molecule has 0 radical (unpaired) electrons. The van der Waals surface area contributed by atoms with Gasteiger partial charge in [-0.05, 0) is 36.6 Å². The van der Waals surface area contributed by atoms with Crippen molar-refractivity contribution in [1.82, 2.24) is 4.57 Å². The number of nitrogens with zero attached hydrogens (tertiary/aromatic N) is 2. The average Bonchev–Trinajstić information content (AvgIpc) is 2.89. The van der Waals surface area contributed by atoms with Crippen molar-refractivity contribution < 1.29 is 19.1 Å². The lowest BCUT2D eigenvalue weighted by Crippen LogP contribution is -2.12. The summed E-state index contributed by atoms with van der Waals surface area (Å²) in [5.41, 5.74) is 3.24. The van der Waals surface area contributed by atoms with Gasteiger partial charge in [-0.1, -0.05) is 6.92 Å². The molecule has 0 fully saturated rings. The van der Waals surface area contributed by atoms with Crippen LogP contribution in [-0.2, 0) is 20.8 Å². The molecule has 2 aromatic rings. The molecule has 132 valence electrons. The first-order chi connectivity index (χ1) is 12.0. The van der Waals surface area contributed by atoms with Crippen LogP contribution in [0.2, 0.25) is 0 Å². The van der Waals surface area contributed by atoms with Crippen LogP contribution in [0.1, 0.15) is 29.3 Å². The molecule has 0 bridgehead atoms. The molecule has 0 amide bonds. The Balaban J connectivity index is 2.29. The topological polar surface area (TPSA) is 60.8 Å². The van der Waals surface area contributed by atoms with Gasteiger partial charge in [-0.25, -0.2) is 9.59 Å². The Morgan fingerprint density at radius 1 is 1.16 bits per heavy atom. The predicted octanol–water partition coefficient (Wildman–Crippen LogP) is 3.45. The zero-order valence-electron chi connectivity index (χ0n) is 14.7. The van der Waals surface area contributed by atoms with Crippen LogP contribution in [-0.4, -0.2) is 37.8 Å². The SMILES string of the molecule is CCCn1cc2c3c(cc(C(=O)OC)cc31)N(C)SC(C(=O)OC)=C2. The number of aryl methyl sites for hydroxylation is 1. The summed E-state index contributed by atoms with van der Waals surface area (Å²) in [6.07, 6.45) is 4.82. The van der Waals surface area contributed by atoms with Gasteiger partial charge < -0.3 is 18.3 Å². The molecule has 1 aliphatic heterocycles. The van der Waals surface area contributed by atoms with E-state index in [1.165, 1.54) is 26.2 Å². The van der Waals surface area contributed by atoms with Crippen LogP contribution in [0.3, 0.4) is 0 Å². The van der Waals surface area contributed by atoms with Crippen LogP contribution >= 0.6 is 11.9 Å². The standard InChI is InChI=1S/C18H20N2O4S/c1-5-6-20-10-12-9-15(18(22)24-4)25-19(2)13-7-11(17(21)23-3)8-14(20)16(12)13/h7-10H,5-6H2,1-4H3. The summed E-state index contributed by atoms with van der Waals surface area (Å²) in [5, 5.41) is 1.01. The number of carbonyl (C=O) groups excluding carboxylic acids is 2. The Hall–Kier alpha value is -2.41. The van der Waals surface area contributed by atoms with E-state index in [2.05, 4.69) is 11.5 Å². The van der Waals surface area contributed by atoms with Crippen LogP contribution in [0.5, 0.6) is 0 Å². The zero-order valence-corrected chi connectivity index (χ0v) is 15.5. The van der Waals surface area contributed by atoms with Crippen LogP contribution in [0, 0.1) is 0 Å². The Morgan fingerprint density at radius 3 is 2.52 bits per heavy atom. The number of hydrogen-bond donors (Lipinski definition) is 0. The molecular formula is C18H20N2O4S. The number of carbonyl (C=O) groups is 2. The minimum Gasteiger partial charge on any atom is -0.465 e. The fourth-order valence-electron chi connectivity index (χ4n) is 3.02. The van der Waals surface area contributed by atoms with Crippen molar-refractivity contribution in [3.63, 3.8) is 0 Å². The van der Waals surface area contributed by atoms with Gasteiger partial charge in [0.1, 0.15) is 4.91 Å². The molecule has 1 aromatic carbocycles. The third-order valence-electron chi connectivity index (χ3n) is 4.12. The molecule has 1 aromatic heterocycles. The average molecular weight is 360 g/mol. The molecule has 0 unspecified atom stereocenters. The minimum atomic E-state index is -0.382. The molecule has 0 atom stereocenters. The summed E-state index contributed by atoms with van der Waals surface area (Å²) in [5.74, 6) is -0.762. The smallest absolute Gasteiger partial charge is 0.346 e. The van der Waals surface area contributed by atoms with E-state index >= 15 is 0 Å². The van der Waals surface area contributed by atoms with E-state index in [0.29, 0.717) is 10.5 Å². The number of methoxy groups -OCH3 is 2. The quantitative estimate of drug-likeness (QED) is 0.615. The summed E-state index contributed by atoms with van der Waals surface area (Å²) in [6.45, 7) is 2.92. The number of esters is 2. The molecule has 3 rings (SSSR count). The van der Waals surface area contributed by atoms with Gasteiger partial charge >= 0.3 is 11.9 Å². The molecule has 0 spiro atoms. The van der Waals surface area contributed by atoms with E-state index in [0.717, 1.165) is 35.1 Å². The highest BCUT2D eigenvalue weighted by molar-refractivity contribution is 8.05. The molecule has 0 aliphatic carbocycles. The number of rotatable bonds is 4. The van der Waals surface area contributed by atoms with Crippen molar-refractivity contribution in [2.24, 2.45) is 0 Å². The van der Waals surface area contributed by atoms with Crippen LogP contribution < -0.4 is 4.31 Å². The Kier molecular flexibility index (Phi) is 4.76. The van der Waals surface area contributed by atoms with Crippen molar-refractivity contribution in [3.05, 3.63) is 34.4 Å². The number of ether oxygens (including phenoxy) is 2. The van der Waals surface area contributed by atoms with Gasteiger partial charge in [-0.15, -0.1) is 0 Å². The van der Waals surface area contributed by atoms with Crippen molar-refractivity contribution in [1.29, 1.82) is 0 Å². The maximum absolute atomic E-state index is 12.1. The lowest BCUT2D eigenvalue weighted by atomic mass is 10.1. The summed E-state index contributed by atoms with van der Waals surface area (Å²) in [7, 11) is 4.61. The fraction of sp³-hybridized carbons (Fsp3) is 0.333. The second-order valence-electron chi connectivity index (χ2n) is 5.75. The van der Waals surface area contributed by atoms with E-state index in [-0.39, 0.29) is 11.9 Å². The largest absolute Gasteiger partial charge is 0.465 e. The maximum atomic E-state index is 12.1. The minimum absolute atomic E-state index is 0.380. The number of aromatic nitrogens is 1. The third-order valence-corrected chi connectivity index (χ3v) is 5.07. The highest BCUT2D eigenvalue weighted by Gasteiger charge is 2.25. The summed E-state index contributed by atoms with van der Waals surface area (Å²) >= 11 is 1.28. The number of anilines is 1. The lowest BCUT2D eigenvalue weighted by Gasteiger charge is -2.19. The van der Waals surface area contributed by atoms with Gasteiger partial charge in [0.25, 0.3) is 0 Å². The summed E-state index contributed by atoms with van der Waals surface area (Å²) in [6, 6.07) is 3.65. The van der Waals surface area contributed by atoms with E-state index in [1.54, 1.807) is 6.07 Å². The second-order valence-corrected chi connectivity index (χ2v) is 6.92. The van der Waals surface area contributed by atoms with E-state index in [4.69, 9.17) is 9.47 Å². The van der Waals surface area contributed by atoms with Gasteiger partial charge in [0.15, 0.2) is 0 Å².